The second-order valence-electron chi connectivity index (χ2n) is 4.52. The van der Waals surface area contributed by atoms with Crippen molar-refractivity contribution in [3.8, 4) is 0 Å². The summed E-state index contributed by atoms with van der Waals surface area (Å²) in [5.74, 6) is 0. The molecule has 3 N–H and O–H groups in total. The van der Waals surface area contributed by atoms with E-state index in [-0.39, 0.29) is 22.0 Å². The van der Waals surface area contributed by atoms with Gasteiger partial charge in [-0.3, -0.25) is 25.2 Å². The molecule has 2 heterocycles. The third-order valence-electron chi connectivity index (χ3n) is 2.50. The molecule has 148 valence electrons. The van der Waals surface area contributed by atoms with Gasteiger partial charge in [0.2, 0.25) is 0 Å². The van der Waals surface area contributed by atoms with Crippen LogP contribution in [-0.4, -0.2) is 32.9 Å². The summed E-state index contributed by atoms with van der Waals surface area (Å²) in [4.78, 5) is 23.1. The van der Waals surface area contributed by atoms with Crippen LogP contribution in [-0.2, 0) is 0 Å². The molecule has 0 spiro atoms. The number of aromatic nitrogens is 2. The van der Waals surface area contributed by atoms with Gasteiger partial charge in [0.1, 0.15) is 6.07 Å². The summed E-state index contributed by atoms with van der Waals surface area (Å²) in [6, 6.07) is 4.49. The summed E-state index contributed by atoms with van der Waals surface area (Å²) in [6.45, 7) is 4.89. The minimum Gasteiger partial charge on any atom is -0.618 e. The van der Waals surface area contributed by atoms with Crippen molar-refractivity contribution in [3.05, 3.63) is 72.7 Å². The molecule has 0 aliphatic carbocycles. The highest BCUT2D eigenvalue weighted by Gasteiger charge is 2.10. The Labute approximate surface area is 158 Å². The molecule has 0 saturated carbocycles. The van der Waals surface area contributed by atoms with Gasteiger partial charge in [-0.2, -0.15) is 9.46 Å². The molecule has 0 radical (unpaired) electrons. The second-order valence-corrected chi connectivity index (χ2v) is 4.91. The first-order valence-corrected chi connectivity index (χ1v) is 7.85. The molecule has 0 amide bonds. The standard InChI is InChI=1S/C7H9N3O3.C5H3ClN2O3.C2H7N/c1-2-8-7-5-6(10(12)13)3-4-9(7)11;6-5-3-4(8(10)11)1-2-7(5)9;1-2-3/h3-5,11H,2H2,1H3;1-3H;2-3H2,1H3. The van der Waals surface area contributed by atoms with Crippen LogP contribution in [0.1, 0.15) is 13.8 Å². The zero-order valence-corrected chi connectivity index (χ0v) is 15.3. The quantitative estimate of drug-likeness (QED) is 0.194. The van der Waals surface area contributed by atoms with E-state index in [1.165, 1.54) is 18.3 Å². The van der Waals surface area contributed by atoms with Gasteiger partial charge in [-0.25, -0.2) is 0 Å². The SMILES string of the molecule is CCN.CCN=c1cc([N+](=O)[O-])ccn1O.O=[N+]([O-])c1cc[n+]([O-])c(Cl)c1. The molecule has 0 unspecified atom stereocenters. The zero-order valence-electron chi connectivity index (χ0n) is 14.6. The third kappa shape index (κ3) is 8.60. The Morgan fingerprint density at radius 1 is 1.22 bits per heavy atom. The Bertz CT molecular complexity index is 841. The van der Waals surface area contributed by atoms with Gasteiger partial charge in [0.25, 0.3) is 16.5 Å². The predicted molar refractivity (Wildman–Crippen MR) is 96.2 cm³/mol. The molecule has 13 heteroatoms. The maximum Gasteiger partial charge on any atom is 0.293 e. The number of nitro groups is 2. The van der Waals surface area contributed by atoms with Crippen LogP contribution in [0, 0.1) is 25.4 Å². The van der Waals surface area contributed by atoms with E-state index < -0.39 is 9.85 Å². The van der Waals surface area contributed by atoms with E-state index in [1.807, 2.05) is 6.92 Å². The molecular formula is C14H19ClN6O6. The molecule has 2 aromatic heterocycles. The van der Waals surface area contributed by atoms with Crippen molar-refractivity contribution in [2.24, 2.45) is 10.7 Å². The van der Waals surface area contributed by atoms with E-state index in [0.29, 0.717) is 11.3 Å². The second kappa shape index (κ2) is 12.2. The van der Waals surface area contributed by atoms with Crippen LogP contribution < -0.4 is 16.0 Å². The molecule has 0 aliphatic rings. The lowest BCUT2D eigenvalue weighted by Gasteiger charge is -1.96. The van der Waals surface area contributed by atoms with Crippen LogP contribution in [0.15, 0.2) is 41.7 Å². The van der Waals surface area contributed by atoms with Crippen LogP contribution in [0.25, 0.3) is 0 Å². The minimum absolute atomic E-state index is 0.0856. The van der Waals surface area contributed by atoms with Gasteiger partial charge in [-0.05, 0) is 25.1 Å². The van der Waals surface area contributed by atoms with E-state index in [9.17, 15) is 25.4 Å². The monoisotopic (exact) mass is 402 g/mol. The van der Waals surface area contributed by atoms with Crippen molar-refractivity contribution >= 4 is 23.0 Å². The van der Waals surface area contributed by atoms with Gasteiger partial charge >= 0.3 is 0 Å². The summed E-state index contributed by atoms with van der Waals surface area (Å²) < 4.78 is 1.09. The van der Waals surface area contributed by atoms with Crippen molar-refractivity contribution < 1.29 is 19.8 Å². The number of hydrogen-bond donors (Lipinski definition) is 2. The van der Waals surface area contributed by atoms with Crippen LogP contribution in [0.5, 0.6) is 0 Å². The highest BCUT2D eigenvalue weighted by Crippen LogP contribution is 2.12. The molecule has 12 nitrogen and oxygen atoms in total. The van der Waals surface area contributed by atoms with E-state index >= 15 is 0 Å². The average molecular weight is 403 g/mol. The summed E-state index contributed by atoms with van der Waals surface area (Å²) in [6.07, 6.45) is 2.17. The fraction of sp³-hybridized carbons (Fsp3) is 0.286. The minimum atomic E-state index is -0.619. The summed E-state index contributed by atoms with van der Waals surface area (Å²) in [5, 5.41) is 39.9. The molecule has 0 saturated heterocycles. The Morgan fingerprint density at radius 3 is 2.19 bits per heavy atom. The lowest BCUT2D eigenvalue weighted by atomic mass is 10.4. The van der Waals surface area contributed by atoms with Gasteiger partial charge in [-0.1, -0.05) is 6.92 Å². The van der Waals surface area contributed by atoms with Crippen LogP contribution in [0.4, 0.5) is 11.4 Å². The smallest absolute Gasteiger partial charge is 0.293 e. The molecule has 0 aliphatic heterocycles. The van der Waals surface area contributed by atoms with Crippen molar-refractivity contribution in [1.82, 2.24) is 4.73 Å². The van der Waals surface area contributed by atoms with Crippen LogP contribution >= 0.6 is 11.6 Å². The van der Waals surface area contributed by atoms with E-state index in [1.54, 1.807) is 6.92 Å². The van der Waals surface area contributed by atoms with Gasteiger partial charge in [-0.15, -0.1) is 0 Å². The van der Waals surface area contributed by atoms with Crippen molar-refractivity contribution in [3.63, 3.8) is 0 Å². The first-order valence-electron chi connectivity index (χ1n) is 7.47. The first kappa shape index (κ1) is 23.8. The normalized spacial score (nSPS) is 10.1. The fourth-order valence-corrected chi connectivity index (χ4v) is 1.59. The Hall–Kier alpha value is -3.25. The molecular weight excluding hydrogens is 384 g/mol. The number of pyridine rings is 2. The van der Waals surface area contributed by atoms with Crippen molar-refractivity contribution in [2.75, 3.05) is 13.1 Å². The maximum absolute atomic E-state index is 10.6. The number of halogens is 1. The molecule has 2 aromatic rings. The fourth-order valence-electron chi connectivity index (χ4n) is 1.43. The predicted octanol–water partition coefficient (Wildman–Crippen LogP) is 1.40. The maximum atomic E-state index is 10.6. The molecule has 0 aromatic carbocycles. The van der Waals surface area contributed by atoms with E-state index in [2.05, 4.69) is 4.99 Å². The Morgan fingerprint density at radius 2 is 1.74 bits per heavy atom. The van der Waals surface area contributed by atoms with Gasteiger partial charge in [0, 0.05) is 12.6 Å². The Balaban J connectivity index is 0.000000442. The molecule has 27 heavy (non-hydrogen) atoms. The summed E-state index contributed by atoms with van der Waals surface area (Å²) in [5.41, 5.74) is 4.75. The molecule has 0 fully saturated rings. The number of nitrogens with two attached hydrogens (primary N) is 1. The zero-order chi connectivity index (χ0) is 21.0. The van der Waals surface area contributed by atoms with Crippen molar-refractivity contribution in [1.29, 1.82) is 0 Å². The molecule has 0 bridgehead atoms. The van der Waals surface area contributed by atoms with Crippen LogP contribution in [0.2, 0.25) is 5.15 Å². The average Bonchev–Trinajstić information content (AvgIpc) is 2.60. The number of rotatable bonds is 3. The Kier molecular flexibility index (Phi) is 10.7. The third-order valence-corrected chi connectivity index (χ3v) is 2.77. The number of hydrogen-bond acceptors (Lipinski definition) is 8. The largest absolute Gasteiger partial charge is 0.618 e. The molecule has 2 rings (SSSR count). The lowest BCUT2D eigenvalue weighted by Crippen LogP contribution is -2.26. The number of nitrogens with zero attached hydrogens (tertiary/aromatic N) is 5. The summed E-state index contributed by atoms with van der Waals surface area (Å²) in [7, 11) is 0. The first-order chi connectivity index (χ1) is 12.7. The van der Waals surface area contributed by atoms with Gasteiger partial charge in [0.05, 0.1) is 28.2 Å². The topological polar surface area (TPSA) is 177 Å². The van der Waals surface area contributed by atoms with Gasteiger partial charge < -0.3 is 16.1 Å². The lowest BCUT2D eigenvalue weighted by molar-refractivity contribution is -0.603. The highest BCUT2D eigenvalue weighted by atomic mass is 35.5. The van der Waals surface area contributed by atoms with E-state index in [0.717, 1.165) is 29.6 Å². The van der Waals surface area contributed by atoms with E-state index in [4.69, 9.17) is 22.5 Å². The van der Waals surface area contributed by atoms with Crippen LogP contribution in [0.3, 0.4) is 0 Å². The van der Waals surface area contributed by atoms with Crippen molar-refractivity contribution in [2.45, 2.75) is 13.8 Å². The molecule has 0 atom stereocenters. The van der Waals surface area contributed by atoms with Gasteiger partial charge in [0.15, 0.2) is 11.7 Å². The summed E-state index contributed by atoms with van der Waals surface area (Å²) >= 11 is 5.30. The highest BCUT2D eigenvalue weighted by molar-refractivity contribution is 6.28.